The van der Waals surface area contributed by atoms with E-state index in [1.807, 2.05) is 0 Å². The number of halogens is 1. The van der Waals surface area contributed by atoms with Crippen LogP contribution >= 0.6 is 15.9 Å². The molecule has 1 heterocycles. The second-order valence-electron chi connectivity index (χ2n) is 6.16. The minimum absolute atomic E-state index is 0.349. The molecule has 2 saturated carbocycles. The molecule has 1 saturated heterocycles. The molecule has 3 rings (SSSR count). The van der Waals surface area contributed by atoms with Crippen LogP contribution < -0.4 is 0 Å². The summed E-state index contributed by atoms with van der Waals surface area (Å²) in [6, 6.07) is 0. The Morgan fingerprint density at radius 1 is 1.00 bits per heavy atom. The Kier molecular flexibility index (Phi) is 3.32. The molecular weight excluding hydrogens is 264 g/mol. The third kappa shape index (κ3) is 2.20. The smallest absolute Gasteiger partial charge is 0.0685 e. The van der Waals surface area contributed by atoms with Crippen LogP contribution in [0.2, 0.25) is 0 Å². The minimum atomic E-state index is 0.349. The van der Waals surface area contributed by atoms with E-state index in [1.54, 1.807) is 0 Å². The first-order valence-electron chi connectivity index (χ1n) is 7.05. The van der Waals surface area contributed by atoms with Crippen molar-refractivity contribution in [1.82, 2.24) is 0 Å². The van der Waals surface area contributed by atoms with Crippen LogP contribution in [-0.2, 0) is 4.74 Å². The van der Waals surface area contributed by atoms with Gasteiger partial charge in [-0.1, -0.05) is 28.8 Å². The van der Waals surface area contributed by atoms with Gasteiger partial charge in [-0.15, -0.1) is 0 Å². The zero-order valence-electron chi connectivity index (χ0n) is 10.1. The lowest BCUT2D eigenvalue weighted by Gasteiger charge is -2.49. The molecule has 0 aromatic heterocycles. The Morgan fingerprint density at radius 3 is 2.56 bits per heavy atom. The van der Waals surface area contributed by atoms with Crippen molar-refractivity contribution in [3.8, 4) is 0 Å². The highest BCUT2D eigenvalue weighted by atomic mass is 79.9. The van der Waals surface area contributed by atoms with Crippen molar-refractivity contribution in [2.24, 2.45) is 11.8 Å². The fraction of sp³-hybridized carbons (Fsp3) is 1.00. The van der Waals surface area contributed by atoms with Gasteiger partial charge in [-0.2, -0.15) is 0 Å². The third-order valence-electron chi connectivity index (χ3n) is 5.11. The number of ether oxygens (including phenoxy) is 1. The maximum absolute atomic E-state index is 6.04. The fourth-order valence-corrected chi connectivity index (χ4v) is 4.79. The van der Waals surface area contributed by atoms with Crippen LogP contribution in [-0.4, -0.2) is 17.0 Å². The van der Waals surface area contributed by atoms with E-state index in [1.165, 1.54) is 57.8 Å². The molecule has 0 N–H and O–H groups in total. The van der Waals surface area contributed by atoms with E-state index in [9.17, 15) is 0 Å². The van der Waals surface area contributed by atoms with E-state index >= 15 is 0 Å². The molecule has 0 radical (unpaired) electrons. The summed E-state index contributed by atoms with van der Waals surface area (Å²) in [5, 5.41) is 0. The number of hydrogen-bond acceptors (Lipinski definition) is 1. The molecule has 2 aliphatic carbocycles. The summed E-state index contributed by atoms with van der Waals surface area (Å²) in [6.07, 6.45) is 12.5. The molecule has 0 aromatic carbocycles. The molecular formula is C14H23BrO. The quantitative estimate of drug-likeness (QED) is 0.654. The van der Waals surface area contributed by atoms with E-state index in [0.29, 0.717) is 5.60 Å². The average Bonchev–Trinajstić information content (AvgIpc) is 2.27. The van der Waals surface area contributed by atoms with Crippen LogP contribution in [0.4, 0.5) is 0 Å². The summed E-state index contributed by atoms with van der Waals surface area (Å²) in [5.74, 6) is 1.95. The third-order valence-corrected chi connectivity index (χ3v) is 5.94. The second kappa shape index (κ2) is 4.61. The molecule has 3 aliphatic rings. The molecule has 2 heteroatoms. The summed E-state index contributed by atoms with van der Waals surface area (Å²) in [5.41, 5.74) is 0.349. The van der Waals surface area contributed by atoms with Crippen LogP contribution in [0.5, 0.6) is 0 Å². The zero-order valence-corrected chi connectivity index (χ0v) is 11.7. The van der Waals surface area contributed by atoms with Crippen LogP contribution in [0, 0.1) is 11.8 Å². The predicted molar refractivity (Wildman–Crippen MR) is 69.9 cm³/mol. The first kappa shape index (κ1) is 11.5. The summed E-state index contributed by atoms with van der Waals surface area (Å²) in [7, 11) is 0. The minimum Gasteiger partial charge on any atom is -0.375 e. The van der Waals surface area contributed by atoms with Crippen LogP contribution in [0.3, 0.4) is 0 Å². The van der Waals surface area contributed by atoms with Gasteiger partial charge in [0.2, 0.25) is 0 Å². The van der Waals surface area contributed by atoms with Gasteiger partial charge in [0.25, 0.3) is 0 Å². The highest BCUT2D eigenvalue weighted by Crippen LogP contribution is 2.48. The summed E-state index contributed by atoms with van der Waals surface area (Å²) in [4.78, 5) is 0.798. The molecule has 0 aromatic rings. The van der Waals surface area contributed by atoms with Gasteiger partial charge in [0.1, 0.15) is 0 Å². The van der Waals surface area contributed by atoms with Crippen LogP contribution in [0.15, 0.2) is 0 Å². The van der Waals surface area contributed by atoms with Gasteiger partial charge in [0.15, 0.2) is 0 Å². The Morgan fingerprint density at radius 2 is 1.88 bits per heavy atom. The van der Waals surface area contributed by atoms with Crippen molar-refractivity contribution in [1.29, 1.82) is 0 Å². The van der Waals surface area contributed by atoms with E-state index in [0.717, 1.165) is 23.3 Å². The van der Waals surface area contributed by atoms with Crippen molar-refractivity contribution in [2.75, 3.05) is 6.61 Å². The van der Waals surface area contributed by atoms with E-state index < -0.39 is 0 Å². The van der Waals surface area contributed by atoms with E-state index in [2.05, 4.69) is 15.9 Å². The first-order valence-corrected chi connectivity index (χ1v) is 7.97. The van der Waals surface area contributed by atoms with Gasteiger partial charge < -0.3 is 4.74 Å². The van der Waals surface area contributed by atoms with Crippen molar-refractivity contribution in [3.63, 3.8) is 0 Å². The molecule has 92 valence electrons. The molecule has 3 atom stereocenters. The lowest BCUT2D eigenvalue weighted by atomic mass is 9.67. The van der Waals surface area contributed by atoms with Gasteiger partial charge in [0, 0.05) is 11.4 Å². The lowest BCUT2D eigenvalue weighted by Crippen LogP contribution is -2.47. The Bertz CT molecular complexity index is 249. The van der Waals surface area contributed by atoms with Crippen molar-refractivity contribution in [3.05, 3.63) is 0 Å². The van der Waals surface area contributed by atoms with Crippen molar-refractivity contribution < 1.29 is 4.74 Å². The molecule has 1 nitrogen and oxygen atoms in total. The van der Waals surface area contributed by atoms with Gasteiger partial charge >= 0.3 is 0 Å². The molecule has 1 spiro atoms. The Hall–Kier alpha value is 0.440. The molecule has 1 aliphatic heterocycles. The monoisotopic (exact) mass is 286 g/mol. The number of hydrogen-bond donors (Lipinski definition) is 0. The highest BCUT2D eigenvalue weighted by Gasteiger charge is 2.44. The number of rotatable bonds is 1. The predicted octanol–water partition coefficient (Wildman–Crippen LogP) is 4.29. The van der Waals surface area contributed by atoms with E-state index in [4.69, 9.17) is 4.74 Å². The van der Waals surface area contributed by atoms with E-state index in [-0.39, 0.29) is 0 Å². The lowest BCUT2D eigenvalue weighted by molar-refractivity contribution is -0.151. The maximum atomic E-state index is 6.04. The largest absolute Gasteiger partial charge is 0.375 e. The van der Waals surface area contributed by atoms with Gasteiger partial charge in [-0.3, -0.25) is 0 Å². The standard InChI is InChI=1S/C14H23BrO/c15-13-4-1-3-11(9-13)12-5-8-16-14(10-12)6-2-7-14/h11-13H,1-10H2. The summed E-state index contributed by atoms with van der Waals surface area (Å²) in [6.45, 7) is 1.04. The maximum Gasteiger partial charge on any atom is 0.0685 e. The first-order chi connectivity index (χ1) is 7.77. The summed E-state index contributed by atoms with van der Waals surface area (Å²) >= 11 is 3.82. The molecule has 16 heavy (non-hydrogen) atoms. The van der Waals surface area contributed by atoms with Gasteiger partial charge in [-0.05, 0) is 56.8 Å². The highest BCUT2D eigenvalue weighted by molar-refractivity contribution is 9.09. The fourth-order valence-electron chi connectivity index (χ4n) is 3.98. The van der Waals surface area contributed by atoms with Gasteiger partial charge in [-0.25, -0.2) is 0 Å². The zero-order chi connectivity index (χ0) is 11.0. The SMILES string of the molecule is BrC1CCCC(C2CCOC3(CCC3)C2)C1. The normalized spacial score (nSPS) is 42.9. The topological polar surface area (TPSA) is 9.23 Å². The molecule has 3 fully saturated rings. The molecule has 3 unspecified atom stereocenters. The van der Waals surface area contributed by atoms with Crippen LogP contribution in [0.1, 0.15) is 57.8 Å². The number of alkyl halides is 1. The van der Waals surface area contributed by atoms with Crippen molar-refractivity contribution in [2.45, 2.75) is 68.2 Å². The second-order valence-corrected chi connectivity index (χ2v) is 7.46. The van der Waals surface area contributed by atoms with Crippen molar-refractivity contribution >= 4 is 15.9 Å². The Balaban J connectivity index is 1.61. The van der Waals surface area contributed by atoms with Crippen LogP contribution in [0.25, 0.3) is 0 Å². The van der Waals surface area contributed by atoms with Gasteiger partial charge in [0.05, 0.1) is 5.60 Å². The average molecular weight is 287 g/mol. The molecule has 0 amide bonds. The molecule has 0 bridgehead atoms. The summed E-state index contributed by atoms with van der Waals surface area (Å²) < 4.78 is 6.04. The Labute approximate surface area is 107 Å².